The molecule has 2 aliphatic rings. The van der Waals surface area contributed by atoms with Gasteiger partial charge in [-0.1, -0.05) is 44.2 Å². The van der Waals surface area contributed by atoms with Gasteiger partial charge in [0, 0.05) is 19.6 Å². The number of carbonyl (C=O) groups is 1. The van der Waals surface area contributed by atoms with Crippen molar-refractivity contribution in [1.82, 2.24) is 14.5 Å². The highest BCUT2D eigenvalue weighted by Crippen LogP contribution is 2.37. The summed E-state index contributed by atoms with van der Waals surface area (Å²) in [4.78, 5) is 15.2. The molecular formula is C25H30F3N3O3S. The lowest BCUT2D eigenvalue weighted by Crippen LogP contribution is -2.59. The molecule has 2 heterocycles. The minimum absolute atomic E-state index is 0.0236. The molecule has 1 amide bonds. The molecule has 0 saturated carbocycles. The van der Waals surface area contributed by atoms with E-state index in [9.17, 15) is 26.4 Å². The number of benzene rings is 2. The largest absolute Gasteiger partial charge is 0.416 e. The minimum Gasteiger partial charge on any atom is -0.319 e. The molecule has 1 N–H and O–H groups in total. The minimum atomic E-state index is -4.47. The average Bonchev–Trinajstić information content (AvgIpc) is 3.04. The van der Waals surface area contributed by atoms with Crippen LogP contribution < -0.4 is 5.32 Å². The molecule has 0 radical (unpaired) electrons. The standard InChI is InChI=1S/C25H30F3N3O3S/c1-18(2)15-22-23(32)31(17-19-7-6-8-20(16-19)25(26,27)28)24(29-22)11-13-30(14-12-24)35(33,34)21-9-4-3-5-10-21/h3-10,16,18,22,29H,11-15,17H2,1-2H3/t22-/m1/s1. The number of carbonyl (C=O) groups excluding carboxylic acids is 1. The van der Waals surface area contributed by atoms with Crippen molar-refractivity contribution in [3.05, 3.63) is 65.7 Å². The van der Waals surface area contributed by atoms with Crippen molar-refractivity contribution in [2.75, 3.05) is 13.1 Å². The second kappa shape index (κ2) is 9.55. The van der Waals surface area contributed by atoms with Crippen LogP contribution in [0.2, 0.25) is 0 Å². The molecule has 35 heavy (non-hydrogen) atoms. The molecule has 10 heteroatoms. The van der Waals surface area contributed by atoms with Crippen LogP contribution in [0.5, 0.6) is 0 Å². The van der Waals surface area contributed by atoms with Gasteiger partial charge < -0.3 is 4.90 Å². The molecule has 0 bridgehead atoms. The molecule has 1 atom stereocenters. The Balaban J connectivity index is 1.59. The highest BCUT2D eigenvalue weighted by Gasteiger charge is 2.52. The van der Waals surface area contributed by atoms with Crippen molar-refractivity contribution >= 4 is 15.9 Å². The van der Waals surface area contributed by atoms with Crippen LogP contribution in [-0.2, 0) is 27.5 Å². The summed E-state index contributed by atoms with van der Waals surface area (Å²) in [5, 5.41) is 3.45. The molecule has 0 aromatic heterocycles. The zero-order chi connectivity index (χ0) is 25.4. The molecule has 1 spiro atoms. The predicted molar refractivity (Wildman–Crippen MR) is 126 cm³/mol. The number of piperidine rings is 1. The fourth-order valence-corrected chi connectivity index (χ4v) is 6.47. The van der Waals surface area contributed by atoms with Crippen molar-refractivity contribution in [2.24, 2.45) is 5.92 Å². The van der Waals surface area contributed by atoms with Crippen LogP contribution in [-0.4, -0.2) is 48.3 Å². The summed E-state index contributed by atoms with van der Waals surface area (Å²) in [5.41, 5.74) is -1.18. The quantitative estimate of drug-likeness (QED) is 0.633. The van der Waals surface area contributed by atoms with Crippen LogP contribution >= 0.6 is 0 Å². The van der Waals surface area contributed by atoms with Crippen molar-refractivity contribution in [3.63, 3.8) is 0 Å². The van der Waals surface area contributed by atoms with E-state index in [2.05, 4.69) is 5.32 Å². The number of nitrogens with one attached hydrogen (secondary N) is 1. The number of nitrogens with zero attached hydrogens (tertiary/aromatic N) is 2. The van der Waals surface area contributed by atoms with Gasteiger partial charge in [-0.3, -0.25) is 10.1 Å². The monoisotopic (exact) mass is 509 g/mol. The molecular weight excluding hydrogens is 479 g/mol. The van der Waals surface area contributed by atoms with E-state index >= 15 is 0 Å². The first-order valence-electron chi connectivity index (χ1n) is 11.7. The Morgan fingerprint density at radius 2 is 1.71 bits per heavy atom. The lowest BCUT2D eigenvalue weighted by atomic mass is 9.96. The van der Waals surface area contributed by atoms with Crippen LogP contribution in [0.1, 0.15) is 44.2 Å². The summed E-state index contributed by atoms with van der Waals surface area (Å²) < 4.78 is 67.3. The zero-order valence-electron chi connectivity index (χ0n) is 19.8. The van der Waals surface area contributed by atoms with Crippen LogP contribution in [0, 0.1) is 5.92 Å². The molecule has 190 valence electrons. The lowest BCUT2D eigenvalue weighted by Gasteiger charge is -2.44. The smallest absolute Gasteiger partial charge is 0.319 e. The Morgan fingerprint density at radius 1 is 1.06 bits per heavy atom. The van der Waals surface area contributed by atoms with E-state index in [-0.39, 0.29) is 36.4 Å². The SMILES string of the molecule is CC(C)C[C@H]1NC2(CCN(S(=O)(=O)c3ccccc3)CC2)N(Cc2cccc(C(F)(F)F)c2)C1=O. The average molecular weight is 510 g/mol. The first kappa shape index (κ1) is 25.7. The van der Waals surface area contributed by atoms with Gasteiger partial charge >= 0.3 is 6.18 Å². The number of hydrogen-bond acceptors (Lipinski definition) is 4. The van der Waals surface area contributed by atoms with Gasteiger partial charge in [0.2, 0.25) is 15.9 Å². The Bertz CT molecular complexity index is 1160. The van der Waals surface area contributed by atoms with E-state index in [0.29, 0.717) is 24.8 Å². The summed E-state index contributed by atoms with van der Waals surface area (Å²) >= 11 is 0. The number of sulfonamides is 1. The normalized spacial score (nSPS) is 21.3. The third-order valence-corrected chi connectivity index (χ3v) is 8.67. The Kier molecular flexibility index (Phi) is 7.00. The van der Waals surface area contributed by atoms with Gasteiger partial charge in [-0.15, -0.1) is 0 Å². The summed E-state index contributed by atoms with van der Waals surface area (Å²) in [6.07, 6.45) is -3.19. The van der Waals surface area contributed by atoms with Gasteiger partial charge in [0.15, 0.2) is 0 Å². The van der Waals surface area contributed by atoms with E-state index in [4.69, 9.17) is 0 Å². The van der Waals surface area contributed by atoms with Gasteiger partial charge in [0.1, 0.15) is 0 Å². The summed E-state index contributed by atoms with van der Waals surface area (Å²) in [6.45, 7) is 4.43. The Labute approximate surface area is 204 Å². The maximum Gasteiger partial charge on any atom is 0.416 e. The van der Waals surface area contributed by atoms with Crippen molar-refractivity contribution in [2.45, 2.75) is 62.4 Å². The maximum atomic E-state index is 13.4. The predicted octanol–water partition coefficient (Wildman–Crippen LogP) is 4.23. The van der Waals surface area contributed by atoms with Crippen molar-refractivity contribution in [3.8, 4) is 0 Å². The fourth-order valence-electron chi connectivity index (χ4n) is 5.00. The lowest BCUT2D eigenvalue weighted by molar-refractivity contribution is -0.137. The first-order chi connectivity index (χ1) is 16.4. The van der Waals surface area contributed by atoms with Crippen LogP contribution in [0.3, 0.4) is 0 Å². The van der Waals surface area contributed by atoms with E-state index in [1.54, 1.807) is 41.3 Å². The van der Waals surface area contributed by atoms with E-state index in [0.717, 1.165) is 12.1 Å². The Hall–Kier alpha value is -2.43. The fraction of sp³-hybridized carbons (Fsp3) is 0.480. The first-order valence-corrected chi connectivity index (χ1v) is 13.2. The van der Waals surface area contributed by atoms with Gasteiger partial charge in [-0.05, 0) is 55.0 Å². The molecule has 2 aromatic rings. The number of hydrogen-bond donors (Lipinski definition) is 1. The highest BCUT2D eigenvalue weighted by atomic mass is 32.2. The molecule has 0 aliphatic carbocycles. The number of alkyl halides is 3. The second-order valence-corrected chi connectivity index (χ2v) is 11.6. The third-order valence-electron chi connectivity index (χ3n) is 6.76. The molecule has 2 saturated heterocycles. The van der Waals surface area contributed by atoms with Crippen LogP contribution in [0.4, 0.5) is 13.2 Å². The van der Waals surface area contributed by atoms with Crippen molar-refractivity contribution in [1.29, 1.82) is 0 Å². The molecule has 4 rings (SSSR count). The summed E-state index contributed by atoms with van der Waals surface area (Å²) in [7, 11) is -3.68. The second-order valence-electron chi connectivity index (χ2n) is 9.70. The van der Waals surface area contributed by atoms with E-state index < -0.39 is 33.5 Å². The van der Waals surface area contributed by atoms with E-state index in [1.165, 1.54) is 10.4 Å². The molecule has 2 aromatic carbocycles. The number of amides is 1. The van der Waals surface area contributed by atoms with E-state index in [1.807, 2.05) is 13.8 Å². The van der Waals surface area contributed by atoms with Gasteiger partial charge in [0.05, 0.1) is 22.2 Å². The maximum absolute atomic E-state index is 13.4. The van der Waals surface area contributed by atoms with Gasteiger partial charge in [-0.2, -0.15) is 17.5 Å². The summed E-state index contributed by atoms with van der Waals surface area (Å²) in [5.74, 6) is 0.0797. The van der Waals surface area contributed by atoms with Crippen LogP contribution in [0.15, 0.2) is 59.5 Å². The van der Waals surface area contributed by atoms with Crippen LogP contribution in [0.25, 0.3) is 0 Å². The van der Waals surface area contributed by atoms with Gasteiger partial charge in [-0.25, -0.2) is 8.42 Å². The number of rotatable bonds is 6. The highest BCUT2D eigenvalue weighted by molar-refractivity contribution is 7.89. The molecule has 6 nitrogen and oxygen atoms in total. The molecule has 2 aliphatic heterocycles. The topological polar surface area (TPSA) is 69.7 Å². The van der Waals surface area contributed by atoms with Crippen molar-refractivity contribution < 1.29 is 26.4 Å². The number of halogens is 3. The molecule has 2 fully saturated rings. The third kappa shape index (κ3) is 5.24. The zero-order valence-corrected chi connectivity index (χ0v) is 20.6. The van der Waals surface area contributed by atoms with Gasteiger partial charge in [0.25, 0.3) is 0 Å². The Morgan fingerprint density at radius 3 is 2.31 bits per heavy atom. The molecule has 0 unspecified atom stereocenters. The summed E-state index contributed by atoms with van der Waals surface area (Å²) in [6, 6.07) is 12.7.